The highest BCUT2D eigenvalue weighted by Gasteiger charge is 2.21. The van der Waals surface area contributed by atoms with Crippen LogP contribution in [0, 0.1) is 12.3 Å². The summed E-state index contributed by atoms with van der Waals surface area (Å²) in [5, 5.41) is 2.77. The molecule has 2 aromatic heterocycles. The van der Waals surface area contributed by atoms with Gasteiger partial charge in [-0.3, -0.25) is 9.59 Å². The van der Waals surface area contributed by atoms with Crippen molar-refractivity contribution in [2.45, 2.75) is 34.3 Å². The van der Waals surface area contributed by atoms with Gasteiger partial charge in [0.2, 0.25) is 5.91 Å². The smallest absolute Gasteiger partial charge is 0.338 e. The highest BCUT2D eigenvalue weighted by molar-refractivity contribution is 5.96. The molecule has 8 heteroatoms. The molecule has 3 aromatic rings. The van der Waals surface area contributed by atoms with Gasteiger partial charge in [-0.2, -0.15) is 0 Å². The van der Waals surface area contributed by atoms with E-state index >= 15 is 0 Å². The molecule has 0 radical (unpaired) electrons. The number of hydrogen-bond donors (Lipinski definition) is 1. The van der Waals surface area contributed by atoms with Crippen LogP contribution in [-0.4, -0.2) is 21.4 Å². The van der Waals surface area contributed by atoms with Gasteiger partial charge < -0.3 is 14.6 Å². The first-order valence-corrected chi connectivity index (χ1v) is 8.72. The second-order valence-electron chi connectivity index (χ2n) is 7.45. The van der Waals surface area contributed by atoms with Crippen molar-refractivity contribution in [1.82, 2.24) is 9.56 Å². The number of ether oxygens (including phenoxy) is 1. The molecule has 28 heavy (non-hydrogen) atoms. The molecule has 1 N–H and O–H groups in total. The van der Waals surface area contributed by atoms with Gasteiger partial charge in [0.1, 0.15) is 12.4 Å². The van der Waals surface area contributed by atoms with Crippen molar-refractivity contribution < 1.29 is 18.8 Å². The second-order valence-corrected chi connectivity index (χ2v) is 7.45. The van der Waals surface area contributed by atoms with Gasteiger partial charge in [0.25, 0.3) is 5.56 Å². The van der Waals surface area contributed by atoms with E-state index < -0.39 is 16.9 Å². The normalized spacial score (nSPS) is 11.4. The number of nitrogens with one attached hydrogen (secondary N) is 1. The fourth-order valence-electron chi connectivity index (χ4n) is 2.41. The topological polar surface area (TPSA) is 103 Å². The number of rotatable bonds is 4. The van der Waals surface area contributed by atoms with Gasteiger partial charge in [0.15, 0.2) is 5.65 Å². The minimum Gasteiger partial charge on any atom is -0.456 e. The lowest BCUT2D eigenvalue weighted by Crippen LogP contribution is -2.27. The molecular weight excluding hydrogens is 362 g/mol. The van der Waals surface area contributed by atoms with Crippen molar-refractivity contribution >= 4 is 23.2 Å². The van der Waals surface area contributed by atoms with Crippen LogP contribution in [0.2, 0.25) is 0 Å². The summed E-state index contributed by atoms with van der Waals surface area (Å²) in [6.45, 7) is 6.95. The van der Waals surface area contributed by atoms with Crippen molar-refractivity contribution in [3.63, 3.8) is 0 Å². The standard InChI is InChI=1S/C20H21N3O5/c1-12-8-16-21-15(10-17(24)23(16)28-12)11-27-18(25)13-6-5-7-14(9-13)22-19(26)20(2,3)4/h5-10H,11H2,1-4H3,(H,22,26). The molecule has 2 heterocycles. The molecule has 0 unspecified atom stereocenters. The Balaban J connectivity index is 1.71. The quantitative estimate of drug-likeness (QED) is 0.695. The summed E-state index contributed by atoms with van der Waals surface area (Å²) >= 11 is 0. The van der Waals surface area contributed by atoms with Crippen LogP contribution in [0.25, 0.3) is 5.65 Å². The first-order valence-electron chi connectivity index (χ1n) is 8.72. The minimum absolute atomic E-state index is 0.159. The number of aromatic nitrogens is 2. The summed E-state index contributed by atoms with van der Waals surface area (Å²) in [6, 6.07) is 9.34. The van der Waals surface area contributed by atoms with E-state index in [1.54, 1.807) is 52.0 Å². The Morgan fingerprint density at radius 2 is 1.96 bits per heavy atom. The predicted molar refractivity (Wildman–Crippen MR) is 102 cm³/mol. The van der Waals surface area contributed by atoms with Crippen LogP contribution in [0.15, 0.2) is 45.7 Å². The SMILES string of the molecule is Cc1cc2nc(COC(=O)c3cccc(NC(=O)C(C)(C)C)c3)cc(=O)n2o1. The molecule has 3 rings (SSSR count). The number of amides is 1. The largest absolute Gasteiger partial charge is 0.456 e. The predicted octanol–water partition coefficient (Wildman–Crippen LogP) is 2.94. The average molecular weight is 383 g/mol. The summed E-state index contributed by atoms with van der Waals surface area (Å²) in [7, 11) is 0. The van der Waals surface area contributed by atoms with E-state index in [-0.39, 0.29) is 18.1 Å². The number of anilines is 1. The van der Waals surface area contributed by atoms with Gasteiger partial charge in [0, 0.05) is 23.2 Å². The van der Waals surface area contributed by atoms with Crippen LogP contribution in [0.5, 0.6) is 0 Å². The Morgan fingerprint density at radius 3 is 2.68 bits per heavy atom. The number of hydrogen-bond acceptors (Lipinski definition) is 6. The fraction of sp³-hybridized carbons (Fsp3) is 0.300. The van der Waals surface area contributed by atoms with Gasteiger partial charge in [-0.25, -0.2) is 9.78 Å². The lowest BCUT2D eigenvalue weighted by atomic mass is 9.95. The van der Waals surface area contributed by atoms with E-state index in [1.807, 2.05) is 0 Å². The summed E-state index contributed by atoms with van der Waals surface area (Å²) in [5.41, 5.74) is 0.500. The zero-order valence-corrected chi connectivity index (χ0v) is 16.1. The Hall–Kier alpha value is -3.42. The van der Waals surface area contributed by atoms with Crippen molar-refractivity contribution in [3.8, 4) is 0 Å². The van der Waals surface area contributed by atoms with Crippen LogP contribution in [0.3, 0.4) is 0 Å². The Morgan fingerprint density at radius 1 is 1.21 bits per heavy atom. The molecule has 0 aliphatic carbocycles. The lowest BCUT2D eigenvalue weighted by Gasteiger charge is -2.17. The van der Waals surface area contributed by atoms with Gasteiger partial charge >= 0.3 is 5.97 Å². The highest BCUT2D eigenvalue weighted by Crippen LogP contribution is 2.18. The molecular formula is C20H21N3O5. The number of benzene rings is 1. The second kappa shape index (κ2) is 7.30. The van der Waals surface area contributed by atoms with E-state index in [4.69, 9.17) is 9.26 Å². The van der Waals surface area contributed by atoms with Crippen molar-refractivity contribution in [1.29, 1.82) is 0 Å². The number of carbonyl (C=O) groups is 2. The number of aryl methyl sites for hydroxylation is 1. The van der Waals surface area contributed by atoms with Crippen LogP contribution in [-0.2, 0) is 16.1 Å². The van der Waals surface area contributed by atoms with Gasteiger partial charge in [0.05, 0.1) is 11.3 Å². The van der Waals surface area contributed by atoms with Crippen LogP contribution >= 0.6 is 0 Å². The molecule has 0 aliphatic heterocycles. The van der Waals surface area contributed by atoms with Crippen LogP contribution in [0.1, 0.15) is 42.6 Å². The van der Waals surface area contributed by atoms with Crippen molar-refractivity contribution in [3.05, 3.63) is 63.8 Å². The van der Waals surface area contributed by atoms with E-state index in [2.05, 4.69) is 10.3 Å². The molecule has 0 aliphatic rings. The molecule has 0 saturated heterocycles. The highest BCUT2D eigenvalue weighted by atomic mass is 16.5. The van der Waals surface area contributed by atoms with E-state index in [9.17, 15) is 14.4 Å². The maximum absolute atomic E-state index is 12.3. The Labute approximate surface area is 161 Å². The van der Waals surface area contributed by atoms with E-state index in [0.717, 1.165) is 4.57 Å². The van der Waals surface area contributed by atoms with Gasteiger partial charge in [-0.1, -0.05) is 26.8 Å². The summed E-state index contributed by atoms with van der Waals surface area (Å²) in [4.78, 5) is 40.7. The maximum Gasteiger partial charge on any atom is 0.338 e. The third-order valence-electron chi connectivity index (χ3n) is 3.91. The number of nitrogens with zero attached hydrogens (tertiary/aromatic N) is 2. The van der Waals surface area contributed by atoms with Crippen LogP contribution in [0.4, 0.5) is 5.69 Å². The third kappa shape index (κ3) is 4.28. The minimum atomic E-state index is -0.586. The van der Waals surface area contributed by atoms with Crippen molar-refractivity contribution in [2.24, 2.45) is 5.41 Å². The fourth-order valence-corrected chi connectivity index (χ4v) is 2.41. The third-order valence-corrected chi connectivity index (χ3v) is 3.91. The number of esters is 1. The van der Waals surface area contributed by atoms with Gasteiger partial charge in [-0.15, -0.1) is 4.57 Å². The number of carbonyl (C=O) groups excluding carboxylic acids is 2. The van der Waals surface area contributed by atoms with Gasteiger partial charge in [-0.05, 0) is 25.1 Å². The molecule has 1 amide bonds. The molecule has 0 fully saturated rings. The first kappa shape index (κ1) is 19.3. The molecule has 8 nitrogen and oxygen atoms in total. The summed E-state index contributed by atoms with van der Waals surface area (Å²) in [6.07, 6.45) is 0. The summed E-state index contributed by atoms with van der Waals surface area (Å²) in [5.74, 6) is -0.198. The lowest BCUT2D eigenvalue weighted by molar-refractivity contribution is -0.123. The molecule has 0 saturated carbocycles. The average Bonchev–Trinajstić information content (AvgIpc) is 3.00. The molecule has 1 aromatic carbocycles. The zero-order valence-electron chi connectivity index (χ0n) is 16.1. The van der Waals surface area contributed by atoms with E-state index in [1.165, 1.54) is 12.1 Å². The molecule has 0 spiro atoms. The molecule has 146 valence electrons. The number of fused-ring (bicyclic) bond motifs is 1. The zero-order chi connectivity index (χ0) is 20.5. The van der Waals surface area contributed by atoms with E-state index in [0.29, 0.717) is 22.8 Å². The monoisotopic (exact) mass is 383 g/mol. The Bertz CT molecular complexity index is 1100. The van der Waals surface area contributed by atoms with Crippen LogP contribution < -0.4 is 10.9 Å². The Kier molecular flexibility index (Phi) is 5.04. The molecule has 0 bridgehead atoms. The van der Waals surface area contributed by atoms with Crippen molar-refractivity contribution in [2.75, 3.05) is 5.32 Å². The molecule has 0 atom stereocenters. The first-order chi connectivity index (χ1) is 13.1. The maximum atomic E-state index is 12.3. The summed E-state index contributed by atoms with van der Waals surface area (Å²) < 4.78 is 11.5.